The summed E-state index contributed by atoms with van der Waals surface area (Å²) in [6.07, 6.45) is 0.727. The summed E-state index contributed by atoms with van der Waals surface area (Å²) in [4.78, 5) is 0. The van der Waals surface area contributed by atoms with Crippen LogP contribution in [0.2, 0.25) is 39.3 Å². The molecule has 0 N–H and O–H groups in total. The minimum atomic E-state index is -3.25. The predicted octanol–water partition coefficient (Wildman–Crippen LogP) is 5.68. The Kier molecular flexibility index (Phi) is 10.3. The quantitative estimate of drug-likeness (QED) is 0.255. The highest BCUT2D eigenvalue weighted by Gasteiger charge is 2.57. The molecule has 0 bridgehead atoms. The third-order valence-electron chi connectivity index (χ3n) is 3.99. The van der Waals surface area contributed by atoms with Gasteiger partial charge in [0.1, 0.15) is 5.73 Å². The van der Waals surface area contributed by atoms with Crippen molar-refractivity contribution in [2.24, 2.45) is 0 Å². The Morgan fingerprint density at radius 3 is 1.37 bits per heavy atom. The van der Waals surface area contributed by atoms with E-state index in [1.54, 1.807) is 0 Å². The maximum atomic E-state index is 6.77. The molecule has 0 aliphatic heterocycles. The summed E-state index contributed by atoms with van der Waals surface area (Å²) >= 11 is 0. The van der Waals surface area contributed by atoms with E-state index >= 15 is 0 Å². The summed E-state index contributed by atoms with van der Waals surface area (Å²) in [5, 5.41) is 0. The van der Waals surface area contributed by atoms with Gasteiger partial charge in [-0.3, -0.25) is 0 Å². The van der Waals surface area contributed by atoms with Gasteiger partial charge in [0.05, 0.1) is 6.61 Å². The first-order chi connectivity index (χ1) is 12.2. The van der Waals surface area contributed by atoms with E-state index in [-0.39, 0.29) is 5.73 Å². The van der Waals surface area contributed by atoms with Crippen LogP contribution in [0.5, 0.6) is 0 Å². The van der Waals surface area contributed by atoms with E-state index in [0.717, 1.165) is 12.0 Å². The SMILES string of the molecule is C=C[Si](C)(C)O[Si](O[Si](C)(C)C=C)(O[Si](C)(C)C=C)C(CC)OCC(=C)C. The zero-order valence-corrected chi connectivity index (χ0v) is 22.7. The van der Waals surface area contributed by atoms with Gasteiger partial charge in [-0.15, -0.1) is 19.7 Å². The predicted molar refractivity (Wildman–Crippen MR) is 127 cm³/mol. The molecule has 0 saturated carbocycles. The zero-order chi connectivity index (χ0) is 21.5. The molecule has 0 radical (unpaired) electrons. The number of rotatable bonds is 14. The van der Waals surface area contributed by atoms with Crippen molar-refractivity contribution in [2.45, 2.75) is 65.3 Å². The van der Waals surface area contributed by atoms with Crippen LogP contribution in [0.1, 0.15) is 20.3 Å². The summed E-state index contributed by atoms with van der Waals surface area (Å²) in [5.74, 6) is 0. The molecule has 0 aromatic carbocycles. The second-order valence-corrected chi connectivity index (χ2v) is 23.6. The lowest BCUT2D eigenvalue weighted by atomic mass is 10.4. The van der Waals surface area contributed by atoms with Crippen LogP contribution < -0.4 is 0 Å². The van der Waals surface area contributed by atoms with E-state index in [9.17, 15) is 0 Å². The monoisotopic (exact) mass is 444 g/mol. The van der Waals surface area contributed by atoms with Gasteiger partial charge in [0.15, 0.2) is 0 Å². The van der Waals surface area contributed by atoms with Crippen molar-refractivity contribution in [1.82, 2.24) is 0 Å². The van der Waals surface area contributed by atoms with E-state index in [2.05, 4.69) is 72.5 Å². The van der Waals surface area contributed by atoms with Crippen molar-refractivity contribution < 1.29 is 17.1 Å². The van der Waals surface area contributed by atoms with E-state index in [1.165, 1.54) is 0 Å². The Labute approximate surface area is 171 Å². The lowest BCUT2D eigenvalue weighted by molar-refractivity contribution is 0.0620. The fraction of sp³-hybridized carbons (Fsp3) is 0.579. The standard InChI is InChI=1S/C19H40O4Si4/c1-13-19(20-17-18(5)6)27(21-24(7,8)14-2,22-25(9,10)15-3)23-26(11,12)16-4/h14-16,19H,2-5,13,17H2,1,6-12H3. The topological polar surface area (TPSA) is 36.9 Å². The molecule has 0 saturated heterocycles. The summed E-state index contributed by atoms with van der Waals surface area (Å²) in [5.41, 5.74) is 6.42. The Morgan fingerprint density at radius 1 is 0.815 bits per heavy atom. The Balaban J connectivity index is 6.39. The van der Waals surface area contributed by atoms with Gasteiger partial charge in [0.25, 0.3) is 0 Å². The van der Waals surface area contributed by atoms with Crippen LogP contribution >= 0.6 is 0 Å². The lowest BCUT2D eigenvalue weighted by Crippen LogP contribution is -2.68. The number of hydrogen-bond acceptors (Lipinski definition) is 4. The molecule has 156 valence electrons. The molecule has 8 heteroatoms. The largest absolute Gasteiger partial charge is 0.500 e. The van der Waals surface area contributed by atoms with E-state index in [0.29, 0.717) is 6.61 Å². The van der Waals surface area contributed by atoms with Gasteiger partial charge in [-0.2, -0.15) is 0 Å². The van der Waals surface area contributed by atoms with Gasteiger partial charge in [-0.05, 0) is 52.6 Å². The third kappa shape index (κ3) is 9.14. The molecule has 0 fully saturated rings. The highest BCUT2D eigenvalue weighted by atomic mass is 28.5. The van der Waals surface area contributed by atoms with Gasteiger partial charge in [0, 0.05) is 0 Å². The van der Waals surface area contributed by atoms with Crippen LogP contribution in [-0.4, -0.2) is 46.1 Å². The smallest absolute Gasteiger partial charge is 0.411 e. The fourth-order valence-corrected chi connectivity index (χ4v) is 16.0. The van der Waals surface area contributed by atoms with Crippen LogP contribution in [0.15, 0.2) is 49.0 Å². The Hall–Kier alpha value is -0.332. The van der Waals surface area contributed by atoms with Crippen LogP contribution in [-0.2, 0) is 17.1 Å². The normalized spacial score (nSPS) is 14.5. The minimum Gasteiger partial charge on any atom is -0.411 e. The molecular weight excluding hydrogens is 405 g/mol. The minimum absolute atomic E-state index is 0.278. The van der Waals surface area contributed by atoms with Crippen LogP contribution in [0.3, 0.4) is 0 Å². The van der Waals surface area contributed by atoms with Crippen LogP contribution in [0.25, 0.3) is 0 Å². The first kappa shape index (κ1) is 26.7. The van der Waals surface area contributed by atoms with Crippen molar-refractivity contribution in [2.75, 3.05) is 6.61 Å². The lowest BCUT2D eigenvalue weighted by Gasteiger charge is -2.46. The van der Waals surface area contributed by atoms with Crippen molar-refractivity contribution in [1.29, 1.82) is 0 Å². The van der Waals surface area contributed by atoms with E-state index in [1.807, 2.05) is 24.0 Å². The maximum Gasteiger partial charge on any atom is 0.500 e. The second-order valence-electron chi connectivity index (χ2n) is 8.50. The van der Waals surface area contributed by atoms with E-state index < -0.39 is 33.8 Å². The van der Waals surface area contributed by atoms with Crippen molar-refractivity contribution in [3.63, 3.8) is 0 Å². The molecule has 0 aromatic heterocycles. The molecule has 1 unspecified atom stereocenters. The average Bonchev–Trinajstić information content (AvgIpc) is 2.53. The van der Waals surface area contributed by atoms with Gasteiger partial charge < -0.3 is 17.1 Å². The molecule has 0 aliphatic carbocycles. The molecule has 4 nitrogen and oxygen atoms in total. The summed E-state index contributed by atoms with van der Waals surface area (Å²) in [6.45, 7) is 33.0. The van der Waals surface area contributed by atoms with Crippen molar-refractivity contribution >= 4 is 33.8 Å². The second kappa shape index (κ2) is 10.4. The third-order valence-corrected chi connectivity index (χ3v) is 18.0. The van der Waals surface area contributed by atoms with Crippen molar-refractivity contribution in [3.8, 4) is 0 Å². The average molecular weight is 445 g/mol. The highest BCUT2D eigenvalue weighted by Crippen LogP contribution is 2.32. The number of ether oxygens (including phenoxy) is 1. The van der Waals surface area contributed by atoms with Crippen molar-refractivity contribution in [3.05, 3.63) is 49.0 Å². The molecule has 0 spiro atoms. The number of hydrogen-bond donors (Lipinski definition) is 0. The van der Waals surface area contributed by atoms with Gasteiger partial charge >= 0.3 is 8.80 Å². The molecule has 1 atom stereocenters. The van der Waals surface area contributed by atoms with Crippen LogP contribution in [0.4, 0.5) is 0 Å². The fourth-order valence-electron chi connectivity index (χ4n) is 2.20. The highest BCUT2D eigenvalue weighted by molar-refractivity contribution is 6.94. The first-order valence-electron chi connectivity index (χ1n) is 9.45. The summed E-state index contributed by atoms with van der Waals surface area (Å²) in [6, 6.07) is 0. The molecule has 27 heavy (non-hydrogen) atoms. The molecular formula is C19H40O4Si4. The summed E-state index contributed by atoms with van der Waals surface area (Å²) < 4.78 is 26.6. The maximum absolute atomic E-state index is 6.77. The zero-order valence-electron chi connectivity index (χ0n) is 18.7. The molecule has 0 rings (SSSR count). The molecule has 0 heterocycles. The Morgan fingerprint density at radius 2 is 1.15 bits per heavy atom. The first-order valence-corrected chi connectivity index (χ1v) is 20.2. The van der Waals surface area contributed by atoms with Crippen LogP contribution in [0, 0.1) is 0 Å². The molecule has 0 aliphatic rings. The Bertz CT molecular complexity index is 489. The van der Waals surface area contributed by atoms with Gasteiger partial charge in [0.2, 0.25) is 25.0 Å². The van der Waals surface area contributed by atoms with E-state index in [4.69, 9.17) is 17.1 Å². The summed E-state index contributed by atoms with van der Waals surface area (Å²) in [7, 11) is -9.92. The van der Waals surface area contributed by atoms with Gasteiger partial charge in [-0.25, -0.2) is 0 Å². The molecule has 0 aromatic rings. The van der Waals surface area contributed by atoms with Gasteiger partial charge in [-0.1, -0.05) is 36.2 Å². The molecule has 0 amide bonds.